The van der Waals surface area contributed by atoms with Gasteiger partial charge >= 0.3 is 5.97 Å². The first-order valence-electron chi connectivity index (χ1n) is 6.97. The number of rotatable bonds is 4. The van der Waals surface area contributed by atoms with Gasteiger partial charge in [-0.3, -0.25) is 4.79 Å². The Kier molecular flexibility index (Phi) is 5.25. The molecule has 0 aliphatic rings. The number of benzene rings is 2. The van der Waals surface area contributed by atoms with Crippen LogP contribution in [0.15, 0.2) is 54.6 Å². The van der Waals surface area contributed by atoms with E-state index in [2.05, 4.69) is 0 Å². The lowest BCUT2D eigenvalue weighted by Gasteiger charge is -2.21. The number of carbonyl (C=O) groups excluding carboxylic acids is 2. The number of carbonyl (C=O) groups is 2. The van der Waals surface area contributed by atoms with Crippen LogP contribution < -0.4 is 5.06 Å². The fourth-order valence-electron chi connectivity index (χ4n) is 1.84. The van der Waals surface area contributed by atoms with E-state index in [0.717, 1.165) is 5.06 Å². The maximum atomic E-state index is 13.0. The molecule has 22 heavy (non-hydrogen) atoms. The molecule has 0 fully saturated rings. The van der Waals surface area contributed by atoms with Crippen LogP contribution in [0.1, 0.15) is 30.1 Å². The molecule has 0 aliphatic carbocycles. The van der Waals surface area contributed by atoms with Crippen LogP contribution >= 0.6 is 0 Å². The first-order chi connectivity index (χ1) is 10.6. The number of hydrogen-bond acceptors (Lipinski definition) is 3. The van der Waals surface area contributed by atoms with Gasteiger partial charge in [-0.25, -0.2) is 9.18 Å². The highest BCUT2D eigenvalue weighted by Crippen LogP contribution is 2.18. The lowest BCUT2D eigenvalue weighted by atomic mass is 10.2. The van der Waals surface area contributed by atoms with Crippen LogP contribution in [0, 0.1) is 5.82 Å². The molecule has 0 aliphatic heterocycles. The van der Waals surface area contributed by atoms with Crippen LogP contribution in [0.5, 0.6) is 0 Å². The molecule has 0 unspecified atom stereocenters. The lowest BCUT2D eigenvalue weighted by molar-refractivity contribution is -0.144. The van der Waals surface area contributed by atoms with Crippen LogP contribution in [-0.2, 0) is 9.63 Å². The third-order valence-corrected chi connectivity index (χ3v) is 2.91. The summed E-state index contributed by atoms with van der Waals surface area (Å²) < 4.78 is 13.0. The molecule has 5 heteroatoms. The van der Waals surface area contributed by atoms with Crippen molar-refractivity contribution in [2.75, 3.05) is 5.06 Å². The maximum absolute atomic E-state index is 13.0. The van der Waals surface area contributed by atoms with Crippen molar-refractivity contribution in [1.29, 1.82) is 0 Å². The SMILES string of the molecule is CCCC(=O)ON(C(=O)c1ccc(F)cc1)c1ccccc1. The molecule has 1 amide bonds. The summed E-state index contributed by atoms with van der Waals surface area (Å²) in [5.41, 5.74) is 0.663. The zero-order valence-corrected chi connectivity index (χ0v) is 12.2. The number of anilines is 1. The molecule has 0 saturated heterocycles. The van der Waals surface area contributed by atoms with E-state index in [1.54, 1.807) is 30.3 Å². The molecule has 0 saturated carbocycles. The van der Waals surface area contributed by atoms with Gasteiger partial charge in [0.25, 0.3) is 5.91 Å². The van der Waals surface area contributed by atoms with Crippen molar-refractivity contribution in [3.63, 3.8) is 0 Å². The van der Waals surface area contributed by atoms with E-state index in [1.807, 2.05) is 6.92 Å². The van der Waals surface area contributed by atoms with Crippen molar-refractivity contribution in [3.8, 4) is 0 Å². The van der Waals surface area contributed by atoms with Gasteiger partial charge in [0.15, 0.2) is 0 Å². The molecule has 114 valence electrons. The van der Waals surface area contributed by atoms with Crippen LogP contribution in [0.2, 0.25) is 0 Å². The summed E-state index contributed by atoms with van der Waals surface area (Å²) >= 11 is 0. The van der Waals surface area contributed by atoms with E-state index in [9.17, 15) is 14.0 Å². The van der Waals surface area contributed by atoms with Gasteiger partial charge in [0.1, 0.15) is 5.82 Å². The standard InChI is InChI=1S/C17H16FNO3/c1-2-6-16(20)22-19(15-7-4-3-5-8-15)17(21)13-9-11-14(18)12-10-13/h3-5,7-12H,2,6H2,1H3. The van der Waals surface area contributed by atoms with Crippen molar-refractivity contribution in [2.24, 2.45) is 0 Å². The third-order valence-electron chi connectivity index (χ3n) is 2.91. The molecule has 2 aromatic carbocycles. The fraction of sp³-hybridized carbons (Fsp3) is 0.176. The second-order valence-corrected chi connectivity index (χ2v) is 4.66. The molecular formula is C17H16FNO3. The molecule has 0 atom stereocenters. The van der Waals surface area contributed by atoms with E-state index >= 15 is 0 Å². The molecular weight excluding hydrogens is 285 g/mol. The minimum Gasteiger partial charge on any atom is -0.333 e. The zero-order valence-electron chi connectivity index (χ0n) is 12.2. The second-order valence-electron chi connectivity index (χ2n) is 4.66. The average Bonchev–Trinajstić information content (AvgIpc) is 2.54. The fourth-order valence-corrected chi connectivity index (χ4v) is 1.84. The maximum Gasteiger partial charge on any atom is 0.333 e. The Labute approximate surface area is 128 Å². The predicted molar refractivity (Wildman–Crippen MR) is 80.7 cm³/mol. The van der Waals surface area contributed by atoms with E-state index in [4.69, 9.17) is 4.84 Å². The first-order valence-corrected chi connectivity index (χ1v) is 6.97. The van der Waals surface area contributed by atoms with E-state index in [-0.39, 0.29) is 12.0 Å². The second kappa shape index (κ2) is 7.36. The topological polar surface area (TPSA) is 46.6 Å². The molecule has 2 rings (SSSR count). The summed E-state index contributed by atoms with van der Waals surface area (Å²) in [5.74, 6) is -1.47. The smallest absolute Gasteiger partial charge is 0.333 e. The van der Waals surface area contributed by atoms with Gasteiger partial charge in [0, 0.05) is 12.0 Å². The van der Waals surface area contributed by atoms with Gasteiger partial charge in [-0.05, 0) is 42.8 Å². The number of halogens is 1. The molecule has 2 aromatic rings. The molecule has 0 radical (unpaired) electrons. The largest absolute Gasteiger partial charge is 0.333 e. The highest BCUT2D eigenvalue weighted by Gasteiger charge is 2.22. The minimum atomic E-state index is -0.532. The van der Waals surface area contributed by atoms with Crippen LogP contribution in [0.3, 0.4) is 0 Å². The van der Waals surface area contributed by atoms with Crippen molar-refractivity contribution >= 4 is 17.6 Å². The van der Waals surface area contributed by atoms with Crippen LogP contribution in [0.25, 0.3) is 0 Å². The number of nitrogens with zero attached hydrogens (tertiary/aromatic N) is 1. The van der Waals surface area contributed by atoms with Gasteiger partial charge in [-0.15, -0.1) is 5.06 Å². The highest BCUT2D eigenvalue weighted by molar-refractivity contribution is 6.05. The van der Waals surface area contributed by atoms with Gasteiger partial charge in [0.2, 0.25) is 0 Å². The normalized spacial score (nSPS) is 10.1. The van der Waals surface area contributed by atoms with Gasteiger partial charge in [0.05, 0.1) is 5.69 Å². The molecule has 0 bridgehead atoms. The molecule has 0 aromatic heterocycles. The number of amides is 1. The Morgan fingerprint density at radius 1 is 1.05 bits per heavy atom. The molecule has 0 heterocycles. The monoisotopic (exact) mass is 301 g/mol. The van der Waals surface area contributed by atoms with Crippen molar-refractivity contribution in [2.45, 2.75) is 19.8 Å². The summed E-state index contributed by atoms with van der Waals surface area (Å²) in [4.78, 5) is 29.4. The molecule has 4 nitrogen and oxygen atoms in total. The summed E-state index contributed by atoms with van der Waals surface area (Å²) in [6.45, 7) is 1.84. The van der Waals surface area contributed by atoms with E-state index in [1.165, 1.54) is 24.3 Å². The Morgan fingerprint density at radius 2 is 1.68 bits per heavy atom. The Morgan fingerprint density at radius 3 is 2.27 bits per heavy atom. The summed E-state index contributed by atoms with van der Waals surface area (Å²) in [7, 11) is 0. The average molecular weight is 301 g/mol. The minimum absolute atomic E-state index is 0.208. The quantitative estimate of drug-likeness (QED) is 0.808. The summed E-state index contributed by atoms with van der Waals surface area (Å²) in [5, 5.41) is 0.936. The lowest BCUT2D eigenvalue weighted by Crippen LogP contribution is -2.33. The summed E-state index contributed by atoms with van der Waals surface area (Å²) in [6.07, 6.45) is 0.826. The Hall–Kier alpha value is -2.69. The van der Waals surface area contributed by atoms with E-state index in [0.29, 0.717) is 12.1 Å². The first kappa shape index (κ1) is 15.7. The van der Waals surface area contributed by atoms with E-state index < -0.39 is 17.7 Å². The van der Waals surface area contributed by atoms with Crippen LogP contribution in [0.4, 0.5) is 10.1 Å². The van der Waals surface area contributed by atoms with Gasteiger partial charge in [-0.2, -0.15) is 0 Å². The third kappa shape index (κ3) is 3.91. The summed E-state index contributed by atoms with van der Waals surface area (Å²) in [6, 6.07) is 13.6. The Balaban J connectivity index is 2.29. The van der Waals surface area contributed by atoms with Crippen molar-refractivity contribution in [1.82, 2.24) is 0 Å². The number of hydrogen-bond donors (Lipinski definition) is 0. The van der Waals surface area contributed by atoms with Crippen molar-refractivity contribution in [3.05, 3.63) is 66.0 Å². The number of para-hydroxylation sites is 1. The van der Waals surface area contributed by atoms with Gasteiger partial charge in [-0.1, -0.05) is 25.1 Å². The number of hydroxylamine groups is 1. The highest BCUT2D eigenvalue weighted by atomic mass is 19.1. The zero-order chi connectivity index (χ0) is 15.9. The predicted octanol–water partition coefficient (Wildman–Crippen LogP) is 3.73. The van der Waals surface area contributed by atoms with Crippen molar-refractivity contribution < 1.29 is 18.8 Å². The Bertz CT molecular complexity index is 641. The molecule has 0 N–H and O–H groups in total. The van der Waals surface area contributed by atoms with Crippen LogP contribution in [-0.4, -0.2) is 11.9 Å². The molecule has 0 spiro atoms. The van der Waals surface area contributed by atoms with Gasteiger partial charge < -0.3 is 4.84 Å².